The van der Waals surface area contributed by atoms with Gasteiger partial charge in [-0.05, 0) is 86.1 Å². The average Bonchev–Trinajstić information content (AvgIpc) is 2.79. The van der Waals surface area contributed by atoms with Crippen molar-refractivity contribution in [3.63, 3.8) is 0 Å². The molecule has 1 fully saturated rings. The SMILES string of the molecule is CCCCSCCN1CC[C@@H](CCCc2ccnc3ccc(OC)cc23)[C@@H](CC(=O)O)C1. The van der Waals surface area contributed by atoms with E-state index < -0.39 is 5.97 Å². The molecular formula is C26H38N2O3S. The fourth-order valence-corrected chi connectivity index (χ4v) is 5.90. The second-order valence-electron chi connectivity index (χ2n) is 8.92. The monoisotopic (exact) mass is 458 g/mol. The van der Waals surface area contributed by atoms with Crippen molar-refractivity contribution >= 4 is 28.6 Å². The number of hydrogen-bond acceptors (Lipinski definition) is 5. The lowest BCUT2D eigenvalue weighted by Crippen LogP contribution is -2.42. The molecule has 0 unspecified atom stereocenters. The number of carboxylic acids is 1. The molecule has 1 aliphatic rings. The minimum absolute atomic E-state index is 0.260. The van der Waals surface area contributed by atoms with Crippen LogP contribution in [0.3, 0.4) is 0 Å². The van der Waals surface area contributed by atoms with Crippen LogP contribution >= 0.6 is 11.8 Å². The van der Waals surface area contributed by atoms with E-state index in [1.165, 1.54) is 24.2 Å². The van der Waals surface area contributed by atoms with E-state index in [1.54, 1.807) is 7.11 Å². The molecule has 1 aliphatic heterocycles. The van der Waals surface area contributed by atoms with Crippen molar-refractivity contribution in [2.24, 2.45) is 11.8 Å². The first kappa shape index (κ1) is 24.8. The first-order valence-electron chi connectivity index (χ1n) is 12.0. The van der Waals surface area contributed by atoms with Crippen molar-refractivity contribution < 1.29 is 14.6 Å². The summed E-state index contributed by atoms with van der Waals surface area (Å²) in [6.45, 7) is 5.35. The van der Waals surface area contributed by atoms with Gasteiger partial charge < -0.3 is 14.7 Å². The van der Waals surface area contributed by atoms with E-state index in [-0.39, 0.29) is 5.92 Å². The molecule has 5 nitrogen and oxygen atoms in total. The van der Waals surface area contributed by atoms with Gasteiger partial charge in [0.2, 0.25) is 0 Å². The van der Waals surface area contributed by atoms with Gasteiger partial charge in [0.05, 0.1) is 12.6 Å². The lowest BCUT2D eigenvalue weighted by Gasteiger charge is -2.38. The number of nitrogens with zero attached hydrogens (tertiary/aromatic N) is 2. The number of carbonyl (C=O) groups is 1. The lowest BCUT2D eigenvalue weighted by molar-refractivity contribution is -0.139. The Kier molecular flexibility index (Phi) is 10.1. The number of ether oxygens (including phenoxy) is 1. The number of methoxy groups -OCH3 is 1. The van der Waals surface area contributed by atoms with Gasteiger partial charge in [-0.2, -0.15) is 11.8 Å². The maximum Gasteiger partial charge on any atom is 0.303 e. The summed E-state index contributed by atoms with van der Waals surface area (Å²) in [7, 11) is 1.69. The van der Waals surface area contributed by atoms with Crippen molar-refractivity contribution in [1.82, 2.24) is 9.88 Å². The topological polar surface area (TPSA) is 62.7 Å². The zero-order chi connectivity index (χ0) is 22.8. The third kappa shape index (κ3) is 7.38. The number of aryl methyl sites for hydroxylation is 1. The van der Waals surface area contributed by atoms with Crippen LogP contribution in [0.2, 0.25) is 0 Å². The molecule has 1 aromatic heterocycles. The zero-order valence-electron chi connectivity index (χ0n) is 19.6. The van der Waals surface area contributed by atoms with E-state index in [2.05, 4.69) is 28.9 Å². The number of aromatic nitrogens is 1. The summed E-state index contributed by atoms with van der Waals surface area (Å²) in [5, 5.41) is 10.6. The van der Waals surface area contributed by atoms with E-state index >= 15 is 0 Å². The van der Waals surface area contributed by atoms with Gasteiger partial charge >= 0.3 is 5.97 Å². The minimum atomic E-state index is -0.661. The Labute approximate surface area is 196 Å². The normalized spacial score (nSPS) is 19.3. The fraction of sp³-hybridized carbons (Fsp3) is 0.615. The van der Waals surface area contributed by atoms with E-state index in [4.69, 9.17) is 4.74 Å². The zero-order valence-corrected chi connectivity index (χ0v) is 20.4. The largest absolute Gasteiger partial charge is 0.497 e. The second-order valence-corrected chi connectivity index (χ2v) is 10.1. The number of piperidine rings is 1. The summed E-state index contributed by atoms with van der Waals surface area (Å²) < 4.78 is 5.40. The first-order chi connectivity index (χ1) is 15.6. The van der Waals surface area contributed by atoms with Gasteiger partial charge in [-0.15, -0.1) is 0 Å². The molecule has 1 saturated heterocycles. The number of likely N-dealkylation sites (tertiary alicyclic amines) is 1. The quantitative estimate of drug-likeness (QED) is 0.399. The standard InChI is InChI=1S/C26H38N2O3S/c1-3-4-15-32-16-14-28-13-11-20(22(19-28)17-26(29)30)6-5-7-21-10-12-27-25-9-8-23(31-2)18-24(21)25/h8-10,12,18,20,22H,3-7,11,13-17,19H2,1-2H3,(H,29,30)/t20-,22+/m1/s1. The smallest absolute Gasteiger partial charge is 0.303 e. The van der Waals surface area contributed by atoms with Crippen LogP contribution in [-0.4, -0.2) is 59.2 Å². The van der Waals surface area contributed by atoms with Gasteiger partial charge in [-0.1, -0.05) is 13.3 Å². The van der Waals surface area contributed by atoms with Crippen LogP contribution in [0.15, 0.2) is 30.5 Å². The van der Waals surface area contributed by atoms with Crippen LogP contribution in [-0.2, 0) is 11.2 Å². The van der Waals surface area contributed by atoms with E-state index in [9.17, 15) is 9.90 Å². The van der Waals surface area contributed by atoms with Crippen molar-refractivity contribution in [3.8, 4) is 5.75 Å². The Morgan fingerprint density at radius 3 is 2.91 bits per heavy atom. The molecule has 1 aromatic carbocycles. The molecule has 3 rings (SSSR count). The molecule has 1 N–H and O–H groups in total. The number of carboxylic acid groups (broad SMARTS) is 1. The van der Waals surface area contributed by atoms with Crippen molar-refractivity contribution in [2.45, 2.75) is 51.9 Å². The molecule has 32 heavy (non-hydrogen) atoms. The lowest BCUT2D eigenvalue weighted by atomic mass is 9.80. The maximum atomic E-state index is 11.5. The molecule has 2 heterocycles. The van der Waals surface area contributed by atoms with Crippen LogP contribution in [0, 0.1) is 11.8 Å². The van der Waals surface area contributed by atoms with Gasteiger partial charge in [-0.25, -0.2) is 0 Å². The molecule has 0 saturated carbocycles. The highest BCUT2D eigenvalue weighted by atomic mass is 32.2. The number of benzene rings is 1. The Bertz CT molecular complexity index is 860. The third-order valence-electron chi connectivity index (χ3n) is 6.67. The minimum Gasteiger partial charge on any atom is -0.497 e. The number of thioether (sulfide) groups is 1. The van der Waals surface area contributed by atoms with Gasteiger partial charge in [0.15, 0.2) is 0 Å². The molecule has 2 atom stereocenters. The first-order valence-corrected chi connectivity index (χ1v) is 13.2. The molecule has 0 radical (unpaired) electrons. The fourth-order valence-electron chi connectivity index (χ4n) is 4.82. The summed E-state index contributed by atoms with van der Waals surface area (Å²) in [5.41, 5.74) is 2.29. The Morgan fingerprint density at radius 1 is 1.25 bits per heavy atom. The summed E-state index contributed by atoms with van der Waals surface area (Å²) in [6, 6.07) is 8.14. The van der Waals surface area contributed by atoms with Gasteiger partial charge in [0, 0.05) is 36.8 Å². The van der Waals surface area contributed by atoms with Gasteiger partial charge in [-0.3, -0.25) is 9.78 Å². The molecule has 0 spiro atoms. The second kappa shape index (κ2) is 13.0. The number of unbranched alkanes of at least 4 members (excludes halogenated alkanes) is 1. The number of hydrogen-bond donors (Lipinski definition) is 1. The van der Waals surface area contributed by atoms with Gasteiger partial charge in [0.25, 0.3) is 0 Å². The average molecular weight is 459 g/mol. The van der Waals surface area contributed by atoms with E-state index in [0.717, 1.165) is 67.7 Å². The van der Waals surface area contributed by atoms with Crippen molar-refractivity contribution in [1.29, 1.82) is 0 Å². The van der Waals surface area contributed by atoms with Crippen LogP contribution in [0.25, 0.3) is 10.9 Å². The van der Waals surface area contributed by atoms with Crippen LogP contribution in [0.4, 0.5) is 0 Å². The maximum absolute atomic E-state index is 11.5. The molecule has 176 valence electrons. The molecule has 2 aromatic rings. The van der Waals surface area contributed by atoms with Crippen LogP contribution < -0.4 is 4.74 Å². The number of aliphatic carboxylic acids is 1. The van der Waals surface area contributed by atoms with Crippen molar-refractivity contribution in [3.05, 3.63) is 36.0 Å². The predicted molar refractivity (Wildman–Crippen MR) is 134 cm³/mol. The third-order valence-corrected chi connectivity index (χ3v) is 7.72. The summed E-state index contributed by atoms with van der Waals surface area (Å²) >= 11 is 2.03. The predicted octanol–water partition coefficient (Wildman–Crippen LogP) is 5.51. The highest BCUT2D eigenvalue weighted by Gasteiger charge is 2.30. The van der Waals surface area contributed by atoms with E-state index in [1.807, 2.05) is 30.1 Å². The van der Waals surface area contributed by atoms with Crippen LogP contribution in [0.5, 0.6) is 5.75 Å². The summed E-state index contributed by atoms with van der Waals surface area (Å²) in [4.78, 5) is 18.5. The highest BCUT2D eigenvalue weighted by molar-refractivity contribution is 7.99. The molecule has 6 heteroatoms. The summed E-state index contributed by atoms with van der Waals surface area (Å²) in [5.74, 6) is 3.35. The van der Waals surface area contributed by atoms with Crippen LogP contribution in [0.1, 0.15) is 51.0 Å². The molecular weight excluding hydrogens is 420 g/mol. The Balaban J connectivity index is 1.53. The number of rotatable bonds is 13. The Hall–Kier alpha value is -1.79. The number of pyridine rings is 1. The van der Waals surface area contributed by atoms with E-state index in [0.29, 0.717) is 12.3 Å². The molecule has 0 aliphatic carbocycles. The Morgan fingerprint density at radius 2 is 2.12 bits per heavy atom. The molecule has 0 bridgehead atoms. The van der Waals surface area contributed by atoms with Crippen molar-refractivity contribution in [2.75, 3.05) is 38.2 Å². The summed E-state index contributed by atoms with van der Waals surface area (Å²) in [6.07, 6.45) is 8.97. The number of fused-ring (bicyclic) bond motifs is 1. The highest BCUT2D eigenvalue weighted by Crippen LogP contribution is 2.31. The molecule has 0 amide bonds. The van der Waals surface area contributed by atoms with Gasteiger partial charge in [0.1, 0.15) is 5.75 Å².